The van der Waals surface area contributed by atoms with Gasteiger partial charge in [-0.15, -0.1) is 0 Å². The molecule has 1 aromatic rings. The molecule has 1 aliphatic heterocycles. The van der Waals surface area contributed by atoms with E-state index in [-0.39, 0.29) is 18.7 Å². The number of carbonyl (C=O) groups is 3. The number of nitrogens with one attached hydrogen (secondary N) is 1. The van der Waals surface area contributed by atoms with Crippen molar-refractivity contribution < 1.29 is 18.8 Å². The lowest BCUT2D eigenvalue weighted by Gasteiger charge is -2.27. The van der Waals surface area contributed by atoms with E-state index in [1.165, 1.54) is 17.0 Å². The highest BCUT2D eigenvalue weighted by atomic mass is 19.1. The van der Waals surface area contributed by atoms with Crippen LogP contribution in [0.1, 0.15) is 10.4 Å². The first-order valence-corrected chi connectivity index (χ1v) is 4.92. The molecule has 0 unspecified atom stereocenters. The lowest BCUT2D eigenvalue weighted by Crippen LogP contribution is -2.51. The van der Waals surface area contributed by atoms with Crippen LogP contribution in [-0.2, 0) is 9.59 Å². The molecular weight excluding hydrogens is 227 g/mol. The van der Waals surface area contributed by atoms with E-state index in [4.69, 9.17) is 0 Å². The van der Waals surface area contributed by atoms with E-state index in [9.17, 15) is 18.8 Å². The number of rotatable bonds is 2. The minimum Gasteiger partial charge on any atom is -0.353 e. The van der Waals surface area contributed by atoms with Crippen molar-refractivity contribution in [1.29, 1.82) is 0 Å². The zero-order valence-electron chi connectivity index (χ0n) is 8.77. The van der Waals surface area contributed by atoms with E-state index in [2.05, 4.69) is 5.32 Å². The van der Waals surface area contributed by atoms with Crippen molar-refractivity contribution in [2.75, 3.05) is 18.0 Å². The first-order chi connectivity index (χ1) is 8.08. The van der Waals surface area contributed by atoms with Gasteiger partial charge >= 0.3 is 0 Å². The van der Waals surface area contributed by atoms with Crippen molar-refractivity contribution in [2.45, 2.75) is 0 Å². The summed E-state index contributed by atoms with van der Waals surface area (Å²) in [4.78, 5) is 34.3. The summed E-state index contributed by atoms with van der Waals surface area (Å²) in [5.41, 5.74) is 0.508. The van der Waals surface area contributed by atoms with E-state index in [1.807, 2.05) is 0 Å². The van der Waals surface area contributed by atoms with Crippen LogP contribution in [0.3, 0.4) is 0 Å². The van der Waals surface area contributed by atoms with Crippen molar-refractivity contribution in [2.24, 2.45) is 0 Å². The predicted octanol–water partition coefficient (Wildman–Crippen LogP) is 0.101. The number of piperazine rings is 1. The third kappa shape index (κ3) is 2.47. The van der Waals surface area contributed by atoms with Gasteiger partial charge in [-0.2, -0.15) is 0 Å². The van der Waals surface area contributed by atoms with Gasteiger partial charge in [-0.25, -0.2) is 4.39 Å². The zero-order valence-corrected chi connectivity index (χ0v) is 8.77. The van der Waals surface area contributed by atoms with Crippen LogP contribution in [0.4, 0.5) is 10.1 Å². The number of amides is 2. The third-order valence-corrected chi connectivity index (χ3v) is 2.35. The van der Waals surface area contributed by atoms with E-state index < -0.39 is 17.6 Å². The molecule has 0 radical (unpaired) electrons. The number of benzene rings is 1. The number of nitrogens with zero attached hydrogens (tertiary/aromatic N) is 1. The summed E-state index contributed by atoms with van der Waals surface area (Å²) >= 11 is 0. The van der Waals surface area contributed by atoms with Crippen molar-refractivity contribution in [3.05, 3.63) is 29.6 Å². The summed E-state index contributed by atoms with van der Waals surface area (Å²) in [6.45, 7) is -0.0685. The Kier molecular flexibility index (Phi) is 2.86. The van der Waals surface area contributed by atoms with Crippen molar-refractivity contribution in [1.82, 2.24) is 5.32 Å². The molecule has 1 saturated heterocycles. The van der Waals surface area contributed by atoms with Crippen LogP contribution >= 0.6 is 0 Å². The second-order valence-electron chi connectivity index (χ2n) is 3.69. The van der Waals surface area contributed by atoms with E-state index in [0.29, 0.717) is 12.0 Å². The van der Waals surface area contributed by atoms with Gasteiger partial charge in [-0.3, -0.25) is 19.7 Å². The molecule has 1 N–H and O–H groups in total. The molecule has 0 aromatic heterocycles. The SMILES string of the molecule is O=Cc1cc(F)cc(N2CC(=O)NC(=O)C2)c1. The number of hydrogen-bond acceptors (Lipinski definition) is 4. The van der Waals surface area contributed by atoms with Gasteiger partial charge in [0.2, 0.25) is 11.8 Å². The van der Waals surface area contributed by atoms with E-state index >= 15 is 0 Å². The van der Waals surface area contributed by atoms with Crippen LogP contribution in [0, 0.1) is 5.82 Å². The van der Waals surface area contributed by atoms with Crippen LogP contribution in [0.25, 0.3) is 0 Å². The number of hydrogen-bond donors (Lipinski definition) is 1. The quantitative estimate of drug-likeness (QED) is 0.584. The first-order valence-electron chi connectivity index (χ1n) is 4.92. The van der Waals surface area contributed by atoms with Crippen LogP contribution < -0.4 is 10.2 Å². The third-order valence-electron chi connectivity index (χ3n) is 2.35. The Hall–Kier alpha value is -2.24. The molecule has 5 nitrogen and oxygen atoms in total. The topological polar surface area (TPSA) is 66.5 Å². The summed E-state index contributed by atoms with van der Waals surface area (Å²) in [6.07, 6.45) is 0.512. The maximum absolute atomic E-state index is 13.2. The molecule has 0 saturated carbocycles. The summed E-state index contributed by atoms with van der Waals surface area (Å²) in [7, 11) is 0. The minimum absolute atomic E-state index is 0.0342. The van der Waals surface area contributed by atoms with E-state index in [0.717, 1.165) is 6.07 Å². The lowest BCUT2D eigenvalue weighted by molar-refractivity contribution is -0.130. The Morgan fingerprint density at radius 2 is 1.82 bits per heavy atom. The number of imide groups is 1. The van der Waals surface area contributed by atoms with Crippen LogP contribution in [-0.4, -0.2) is 31.2 Å². The molecule has 1 aromatic carbocycles. The fourth-order valence-corrected chi connectivity index (χ4v) is 1.67. The standard InChI is InChI=1S/C11H9FN2O3/c12-8-1-7(6-15)2-9(3-8)14-4-10(16)13-11(17)5-14/h1-3,6H,4-5H2,(H,13,16,17). The molecule has 1 heterocycles. The van der Waals surface area contributed by atoms with Gasteiger partial charge < -0.3 is 4.90 Å². The number of aldehydes is 1. The average molecular weight is 236 g/mol. The minimum atomic E-state index is -0.581. The van der Waals surface area contributed by atoms with Crippen molar-refractivity contribution >= 4 is 23.8 Å². The lowest BCUT2D eigenvalue weighted by atomic mass is 10.2. The Labute approximate surface area is 96.2 Å². The Balaban J connectivity index is 2.32. The Morgan fingerprint density at radius 1 is 1.18 bits per heavy atom. The Bertz CT molecular complexity index is 485. The molecule has 1 aliphatic rings. The number of anilines is 1. The van der Waals surface area contributed by atoms with Gasteiger partial charge in [0.25, 0.3) is 0 Å². The van der Waals surface area contributed by atoms with Gasteiger partial charge in [-0.05, 0) is 18.2 Å². The average Bonchev–Trinajstić information content (AvgIpc) is 2.26. The molecule has 2 amide bonds. The van der Waals surface area contributed by atoms with Gasteiger partial charge in [0.1, 0.15) is 12.1 Å². The molecule has 1 fully saturated rings. The number of halogens is 1. The van der Waals surface area contributed by atoms with Crippen molar-refractivity contribution in [3.8, 4) is 0 Å². The fourth-order valence-electron chi connectivity index (χ4n) is 1.67. The molecule has 88 valence electrons. The normalized spacial score (nSPS) is 15.7. The van der Waals surface area contributed by atoms with Gasteiger partial charge in [0.15, 0.2) is 0 Å². The smallest absolute Gasteiger partial charge is 0.246 e. The van der Waals surface area contributed by atoms with Crippen LogP contribution in [0.2, 0.25) is 0 Å². The predicted molar refractivity (Wildman–Crippen MR) is 57.2 cm³/mol. The zero-order chi connectivity index (χ0) is 12.4. The highest BCUT2D eigenvalue weighted by Crippen LogP contribution is 2.18. The largest absolute Gasteiger partial charge is 0.353 e. The maximum atomic E-state index is 13.2. The van der Waals surface area contributed by atoms with Gasteiger partial charge in [-0.1, -0.05) is 0 Å². The Morgan fingerprint density at radius 3 is 2.41 bits per heavy atom. The monoisotopic (exact) mass is 236 g/mol. The summed E-state index contributed by atoms with van der Waals surface area (Å²) in [5, 5.41) is 2.14. The summed E-state index contributed by atoms with van der Waals surface area (Å²) in [6, 6.07) is 3.70. The molecule has 0 spiro atoms. The molecule has 17 heavy (non-hydrogen) atoms. The van der Waals surface area contributed by atoms with E-state index in [1.54, 1.807) is 0 Å². The molecule has 0 atom stereocenters. The molecule has 6 heteroatoms. The van der Waals surface area contributed by atoms with Crippen molar-refractivity contribution in [3.63, 3.8) is 0 Å². The maximum Gasteiger partial charge on any atom is 0.246 e. The fraction of sp³-hybridized carbons (Fsp3) is 0.182. The molecule has 2 rings (SSSR count). The van der Waals surface area contributed by atoms with Crippen LogP contribution in [0.5, 0.6) is 0 Å². The summed E-state index contributed by atoms with van der Waals surface area (Å²) < 4.78 is 13.2. The molecular formula is C11H9FN2O3. The molecule has 0 bridgehead atoms. The molecule has 0 aliphatic carbocycles. The second-order valence-corrected chi connectivity index (χ2v) is 3.69. The first kappa shape index (κ1) is 11.3. The van der Waals surface area contributed by atoms with Crippen LogP contribution in [0.15, 0.2) is 18.2 Å². The highest BCUT2D eigenvalue weighted by molar-refractivity contribution is 6.02. The number of carbonyl (C=O) groups excluding carboxylic acids is 3. The summed E-state index contributed by atoms with van der Waals surface area (Å²) in [5.74, 6) is -1.47. The van der Waals surface area contributed by atoms with Gasteiger partial charge in [0, 0.05) is 11.3 Å². The van der Waals surface area contributed by atoms with Gasteiger partial charge in [0.05, 0.1) is 13.1 Å². The second kappa shape index (κ2) is 4.32. The highest BCUT2D eigenvalue weighted by Gasteiger charge is 2.23.